The van der Waals surface area contributed by atoms with Crippen molar-refractivity contribution < 1.29 is 19.5 Å². The maximum Gasteiger partial charge on any atom is 0.308 e. The average molecular weight is 332 g/mol. The van der Waals surface area contributed by atoms with Crippen LogP contribution in [-0.2, 0) is 9.59 Å². The Bertz CT molecular complexity index is 656. The van der Waals surface area contributed by atoms with Gasteiger partial charge in [-0.2, -0.15) is 0 Å². The summed E-state index contributed by atoms with van der Waals surface area (Å²) < 4.78 is 0. The van der Waals surface area contributed by atoms with Crippen LogP contribution in [0.4, 0.5) is 0 Å². The topological polar surface area (TPSA) is 77.9 Å². The number of benzene rings is 1. The van der Waals surface area contributed by atoms with E-state index in [1.54, 1.807) is 11.9 Å². The molecule has 1 aromatic rings. The molecule has 1 atom stereocenters. The van der Waals surface area contributed by atoms with E-state index in [1.807, 2.05) is 32.0 Å². The zero-order valence-electron chi connectivity index (χ0n) is 14.4. The number of aryl methyl sites for hydroxylation is 2. The van der Waals surface area contributed by atoms with E-state index in [4.69, 9.17) is 5.11 Å². The van der Waals surface area contributed by atoms with Crippen LogP contribution in [0.15, 0.2) is 18.2 Å². The SMILES string of the molecule is Cc1ccc(C)c(C(=O)N(C)CC(=O)N2CCCC(C(=O)O)C2)c1. The van der Waals surface area contributed by atoms with Crippen molar-refractivity contribution in [1.29, 1.82) is 0 Å². The summed E-state index contributed by atoms with van der Waals surface area (Å²) in [6.07, 6.45) is 1.27. The number of likely N-dealkylation sites (tertiary alicyclic amines) is 1. The minimum Gasteiger partial charge on any atom is -0.481 e. The molecule has 1 aliphatic heterocycles. The molecule has 1 fully saturated rings. The first kappa shape index (κ1) is 18.0. The third kappa shape index (κ3) is 4.13. The molecule has 0 radical (unpaired) electrons. The van der Waals surface area contributed by atoms with Crippen LogP contribution in [0.25, 0.3) is 0 Å². The molecule has 0 spiro atoms. The standard InChI is InChI=1S/C18H24N2O4/c1-12-6-7-13(2)15(9-12)17(22)19(3)11-16(21)20-8-4-5-14(10-20)18(23)24/h6-7,9,14H,4-5,8,10-11H2,1-3H3,(H,23,24). The number of hydrogen-bond donors (Lipinski definition) is 1. The van der Waals surface area contributed by atoms with Crippen LogP contribution in [0.3, 0.4) is 0 Å². The van der Waals surface area contributed by atoms with E-state index in [0.717, 1.165) is 11.1 Å². The summed E-state index contributed by atoms with van der Waals surface area (Å²) in [5.41, 5.74) is 2.45. The van der Waals surface area contributed by atoms with Crippen molar-refractivity contribution in [2.24, 2.45) is 5.92 Å². The first-order valence-corrected chi connectivity index (χ1v) is 8.13. The lowest BCUT2D eigenvalue weighted by Gasteiger charge is -2.32. The Morgan fingerprint density at radius 1 is 1.29 bits per heavy atom. The first-order valence-electron chi connectivity index (χ1n) is 8.13. The minimum absolute atomic E-state index is 0.0431. The molecule has 24 heavy (non-hydrogen) atoms. The Morgan fingerprint density at radius 3 is 2.67 bits per heavy atom. The Balaban J connectivity index is 2.01. The van der Waals surface area contributed by atoms with E-state index in [1.165, 1.54) is 4.90 Å². The molecule has 0 bridgehead atoms. The predicted molar refractivity (Wildman–Crippen MR) is 89.8 cm³/mol. The predicted octanol–water partition coefficient (Wildman–Crippen LogP) is 1.70. The highest BCUT2D eigenvalue weighted by atomic mass is 16.4. The number of carbonyl (C=O) groups excluding carboxylic acids is 2. The zero-order chi connectivity index (χ0) is 17.9. The van der Waals surface area contributed by atoms with Gasteiger partial charge in [0, 0.05) is 25.7 Å². The van der Waals surface area contributed by atoms with Crippen LogP contribution in [0.5, 0.6) is 0 Å². The molecule has 130 valence electrons. The number of piperidine rings is 1. The van der Waals surface area contributed by atoms with Crippen LogP contribution < -0.4 is 0 Å². The van der Waals surface area contributed by atoms with Crippen LogP contribution in [-0.4, -0.2) is 59.4 Å². The Labute approximate surface area is 142 Å². The van der Waals surface area contributed by atoms with Crippen LogP contribution in [0.2, 0.25) is 0 Å². The van der Waals surface area contributed by atoms with Crippen LogP contribution >= 0.6 is 0 Å². The van der Waals surface area contributed by atoms with Gasteiger partial charge in [0.2, 0.25) is 5.91 Å². The smallest absolute Gasteiger partial charge is 0.308 e. The molecule has 1 aromatic carbocycles. The highest BCUT2D eigenvalue weighted by molar-refractivity contribution is 5.97. The molecule has 1 heterocycles. The molecule has 6 heteroatoms. The fraction of sp³-hybridized carbons (Fsp3) is 0.500. The van der Waals surface area contributed by atoms with E-state index in [2.05, 4.69) is 0 Å². The van der Waals surface area contributed by atoms with E-state index < -0.39 is 11.9 Å². The fourth-order valence-electron chi connectivity index (χ4n) is 2.95. The van der Waals surface area contributed by atoms with Crippen molar-refractivity contribution >= 4 is 17.8 Å². The number of rotatable bonds is 4. The molecule has 1 saturated heterocycles. The molecule has 2 amide bonds. The highest BCUT2D eigenvalue weighted by Gasteiger charge is 2.29. The van der Waals surface area contributed by atoms with Gasteiger partial charge in [-0.25, -0.2) is 0 Å². The lowest BCUT2D eigenvalue weighted by atomic mass is 9.98. The Morgan fingerprint density at radius 2 is 2.00 bits per heavy atom. The second-order valence-electron chi connectivity index (χ2n) is 6.50. The van der Waals surface area contributed by atoms with Crippen LogP contribution in [0, 0.1) is 19.8 Å². The van der Waals surface area contributed by atoms with Crippen molar-refractivity contribution in [1.82, 2.24) is 9.80 Å². The lowest BCUT2D eigenvalue weighted by Crippen LogP contribution is -2.47. The van der Waals surface area contributed by atoms with E-state index in [0.29, 0.717) is 24.9 Å². The summed E-state index contributed by atoms with van der Waals surface area (Å²) in [5.74, 6) is -1.78. The minimum atomic E-state index is -0.868. The quantitative estimate of drug-likeness (QED) is 0.910. The molecular formula is C18H24N2O4. The van der Waals surface area contributed by atoms with Crippen LogP contribution in [0.1, 0.15) is 34.3 Å². The number of carbonyl (C=O) groups is 3. The summed E-state index contributed by atoms with van der Waals surface area (Å²) in [7, 11) is 1.60. The molecule has 6 nitrogen and oxygen atoms in total. The average Bonchev–Trinajstić information content (AvgIpc) is 2.56. The van der Waals surface area contributed by atoms with Gasteiger partial charge in [-0.15, -0.1) is 0 Å². The van der Waals surface area contributed by atoms with E-state index >= 15 is 0 Å². The number of carboxylic acids is 1. The number of aliphatic carboxylic acids is 1. The number of nitrogens with zero attached hydrogens (tertiary/aromatic N) is 2. The van der Waals surface area contributed by atoms with E-state index in [-0.39, 0.29) is 24.9 Å². The molecular weight excluding hydrogens is 308 g/mol. The molecule has 2 rings (SSSR count). The first-order chi connectivity index (χ1) is 11.3. The molecule has 1 unspecified atom stereocenters. The van der Waals surface area contributed by atoms with Gasteiger partial charge < -0.3 is 14.9 Å². The summed E-state index contributed by atoms with van der Waals surface area (Å²) in [6, 6.07) is 5.65. The molecule has 1 N–H and O–H groups in total. The van der Waals surface area contributed by atoms with Crippen molar-refractivity contribution in [2.75, 3.05) is 26.7 Å². The van der Waals surface area contributed by atoms with Gasteiger partial charge in [-0.05, 0) is 38.3 Å². The van der Waals surface area contributed by atoms with Gasteiger partial charge in [0.05, 0.1) is 12.5 Å². The molecule has 0 saturated carbocycles. The summed E-state index contributed by atoms with van der Waals surface area (Å²) in [6.45, 7) is 4.51. The number of hydrogen-bond acceptors (Lipinski definition) is 3. The summed E-state index contributed by atoms with van der Waals surface area (Å²) in [5, 5.41) is 9.11. The van der Waals surface area contributed by atoms with Gasteiger partial charge in [-0.3, -0.25) is 14.4 Å². The third-order valence-electron chi connectivity index (χ3n) is 4.47. The van der Waals surface area contributed by atoms with Gasteiger partial charge in [-0.1, -0.05) is 17.7 Å². The number of likely N-dealkylation sites (N-methyl/N-ethyl adjacent to an activating group) is 1. The Kier molecular flexibility index (Phi) is 5.59. The van der Waals surface area contributed by atoms with Gasteiger partial charge in [0.15, 0.2) is 0 Å². The summed E-state index contributed by atoms with van der Waals surface area (Å²) in [4.78, 5) is 39.0. The summed E-state index contributed by atoms with van der Waals surface area (Å²) >= 11 is 0. The lowest BCUT2D eigenvalue weighted by molar-refractivity contribution is -0.145. The van der Waals surface area contributed by atoms with Crippen molar-refractivity contribution in [2.45, 2.75) is 26.7 Å². The van der Waals surface area contributed by atoms with Crippen molar-refractivity contribution in [3.8, 4) is 0 Å². The third-order valence-corrected chi connectivity index (χ3v) is 4.47. The van der Waals surface area contributed by atoms with Gasteiger partial charge in [0.25, 0.3) is 5.91 Å². The zero-order valence-corrected chi connectivity index (χ0v) is 14.4. The van der Waals surface area contributed by atoms with E-state index in [9.17, 15) is 14.4 Å². The number of carboxylic acid groups (broad SMARTS) is 1. The van der Waals surface area contributed by atoms with Crippen molar-refractivity contribution in [3.05, 3.63) is 34.9 Å². The molecule has 1 aliphatic rings. The van der Waals surface area contributed by atoms with Gasteiger partial charge in [0.1, 0.15) is 0 Å². The largest absolute Gasteiger partial charge is 0.481 e. The highest BCUT2D eigenvalue weighted by Crippen LogP contribution is 2.17. The second-order valence-corrected chi connectivity index (χ2v) is 6.50. The fourth-order valence-corrected chi connectivity index (χ4v) is 2.95. The maximum atomic E-state index is 12.6. The monoisotopic (exact) mass is 332 g/mol. The second kappa shape index (κ2) is 7.47. The normalized spacial score (nSPS) is 17.5. The van der Waals surface area contributed by atoms with Gasteiger partial charge >= 0.3 is 5.97 Å². The maximum absolute atomic E-state index is 12.6. The Hall–Kier alpha value is -2.37. The van der Waals surface area contributed by atoms with Crippen molar-refractivity contribution in [3.63, 3.8) is 0 Å². The number of amides is 2. The molecule has 0 aliphatic carbocycles. The molecule has 0 aromatic heterocycles.